The van der Waals surface area contributed by atoms with E-state index in [1.807, 2.05) is 0 Å². The van der Waals surface area contributed by atoms with Crippen LogP contribution < -0.4 is 10.1 Å². The number of hydrogen-bond acceptors (Lipinski definition) is 3. The zero-order valence-electron chi connectivity index (χ0n) is 14.0. The Labute approximate surface area is 145 Å². The number of likely N-dealkylation sites (tertiary alicyclic amines) is 1. The minimum absolute atomic E-state index is 0.0404. The Bertz CT molecular complexity index is 742. The number of anilines is 1. The Hall–Kier alpha value is -2.47. The average molecular weight is 346 g/mol. The van der Waals surface area contributed by atoms with E-state index < -0.39 is 17.5 Å². The molecule has 1 heterocycles. The number of amides is 1. The molecule has 1 amide bonds. The summed E-state index contributed by atoms with van der Waals surface area (Å²) in [4.78, 5) is 14.4. The fraction of sp³-hybridized carbons (Fsp3) is 0.316. The molecule has 0 bridgehead atoms. The molecular weight excluding hydrogens is 326 g/mol. The maximum absolute atomic E-state index is 13.9. The van der Waals surface area contributed by atoms with Crippen LogP contribution in [0, 0.1) is 11.6 Å². The van der Waals surface area contributed by atoms with E-state index in [1.165, 1.54) is 36.4 Å². The molecule has 6 heteroatoms. The fourth-order valence-electron chi connectivity index (χ4n) is 2.80. The van der Waals surface area contributed by atoms with E-state index in [0.29, 0.717) is 17.0 Å². The van der Waals surface area contributed by atoms with E-state index in [1.54, 1.807) is 6.07 Å². The Morgan fingerprint density at radius 2 is 1.76 bits per heavy atom. The lowest BCUT2D eigenvalue weighted by Crippen LogP contribution is -2.35. The molecule has 1 aliphatic rings. The number of carbonyl (C=O) groups excluding carboxylic acids is 1. The van der Waals surface area contributed by atoms with Crippen LogP contribution in [0.1, 0.15) is 23.2 Å². The first-order chi connectivity index (χ1) is 12.0. The summed E-state index contributed by atoms with van der Waals surface area (Å²) < 4.78 is 32.6. The summed E-state index contributed by atoms with van der Waals surface area (Å²) in [7, 11) is 2.06. The van der Waals surface area contributed by atoms with Gasteiger partial charge in [0.05, 0.1) is 0 Å². The Balaban J connectivity index is 1.68. The van der Waals surface area contributed by atoms with Crippen molar-refractivity contribution in [2.24, 2.45) is 0 Å². The number of rotatable bonds is 4. The quantitative estimate of drug-likeness (QED) is 0.918. The minimum atomic E-state index is -0.486. The summed E-state index contributed by atoms with van der Waals surface area (Å²) in [6.45, 7) is 1.88. The van der Waals surface area contributed by atoms with E-state index >= 15 is 0 Å². The number of carbonyl (C=O) groups is 1. The third kappa shape index (κ3) is 4.76. The Kier molecular flexibility index (Phi) is 5.28. The SMILES string of the molecule is CN1CCC(Oc2cc(F)cc(NC(=O)c3ccc(F)cc3)c2)CC1. The number of hydrogen-bond donors (Lipinski definition) is 1. The van der Waals surface area contributed by atoms with Gasteiger partial charge < -0.3 is 15.0 Å². The van der Waals surface area contributed by atoms with Crippen LogP contribution in [0.4, 0.5) is 14.5 Å². The largest absolute Gasteiger partial charge is 0.490 e. The molecule has 1 fully saturated rings. The number of ether oxygens (including phenoxy) is 1. The minimum Gasteiger partial charge on any atom is -0.490 e. The molecule has 0 saturated carbocycles. The standard InChI is InChI=1S/C19H20F2N2O2/c1-23-8-6-17(7-9-23)25-18-11-15(21)10-16(12-18)22-19(24)13-2-4-14(20)5-3-13/h2-5,10-12,17H,6-9H2,1H3,(H,22,24). The third-order valence-electron chi connectivity index (χ3n) is 4.20. The lowest BCUT2D eigenvalue weighted by atomic mass is 10.1. The van der Waals surface area contributed by atoms with Gasteiger partial charge in [-0.2, -0.15) is 0 Å². The van der Waals surface area contributed by atoms with E-state index in [0.717, 1.165) is 25.9 Å². The van der Waals surface area contributed by atoms with Gasteiger partial charge in [-0.15, -0.1) is 0 Å². The zero-order valence-corrected chi connectivity index (χ0v) is 14.0. The van der Waals surface area contributed by atoms with Gasteiger partial charge in [0, 0.05) is 36.5 Å². The molecule has 0 spiro atoms. The first-order valence-electron chi connectivity index (χ1n) is 8.22. The van der Waals surface area contributed by atoms with Gasteiger partial charge in [0.2, 0.25) is 0 Å². The molecule has 25 heavy (non-hydrogen) atoms. The maximum Gasteiger partial charge on any atom is 0.255 e. The van der Waals surface area contributed by atoms with Crippen LogP contribution >= 0.6 is 0 Å². The number of nitrogens with one attached hydrogen (secondary N) is 1. The molecule has 2 aromatic rings. The molecule has 0 aromatic heterocycles. The fourth-order valence-corrected chi connectivity index (χ4v) is 2.80. The third-order valence-corrected chi connectivity index (χ3v) is 4.20. The lowest BCUT2D eigenvalue weighted by Gasteiger charge is -2.29. The monoisotopic (exact) mass is 346 g/mol. The highest BCUT2D eigenvalue weighted by molar-refractivity contribution is 6.04. The van der Waals surface area contributed by atoms with Gasteiger partial charge >= 0.3 is 0 Å². The second kappa shape index (κ2) is 7.61. The molecule has 0 unspecified atom stereocenters. The van der Waals surface area contributed by atoms with Crippen molar-refractivity contribution in [1.29, 1.82) is 0 Å². The normalized spacial score (nSPS) is 15.8. The van der Waals surface area contributed by atoms with Gasteiger partial charge in [0.15, 0.2) is 0 Å². The first kappa shape index (κ1) is 17.4. The molecule has 0 aliphatic carbocycles. The van der Waals surface area contributed by atoms with Gasteiger partial charge in [-0.05, 0) is 50.2 Å². The van der Waals surface area contributed by atoms with E-state index in [-0.39, 0.29) is 6.10 Å². The average Bonchev–Trinajstić information content (AvgIpc) is 2.57. The molecule has 132 valence electrons. The highest BCUT2D eigenvalue weighted by atomic mass is 19.1. The van der Waals surface area contributed by atoms with Crippen molar-refractivity contribution in [1.82, 2.24) is 4.90 Å². The topological polar surface area (TPSA) is 41.6 Å². The molecule has 3 rings (SSSR count). The van der Waals surface area contributed by atoms with Gasteiger partial charge in [0.25, 0.3) is 5.91 Å². The first-order valence-corrected chi connectivity index (χ1v) is 8.22. The molecule has 0 radical (unpaired) electrons. The van der Waals surface area contributed by atoms with E-state index in [4.69, 9.17) is 4.74 Å². The van der Waals surface area contributed by atoms with Crippen LogP contribution in [-0.4, -0.2) is 37.0 Å². The number of piperidine rings is 1. The second-order valence-electron chi connectivity index (χ2n) is 6.26. The predicted molar refractivity (Wildman–Crippen MR) is 91.9 cm³/mol. The van der Waals surface area contributed by atoms with Crippen molar-refractivity contribution in [3.05, 3.63) is 59.7 Å². The molecule has 2 aromatic carbocycles. The summed E-state index contributed by atoms with van der Waals surface area (Å²) >= 11 is 0. The van der Waals surface area contributed by atoms with Crippen molar-refractivity contribution in [2.45, 2.75) is 18.9 Å². The van der Waals surface area contributed by atoms with Crippen LogP contribution in [0.5, 0.6) is 5.75 Å². The molecule has 1 aliphatic heterocycles. The molecule has 4 nitrogen and oxygen atoms in total. The smallest absolute Gasteiger partial charge is 0.255 e. The zero-order chi connectivity index (χ0) is 17.8. The van der Waals surface area contributed by atoms with Crippen LogP contribution in [0.25, 0.3) is 0 Å². The van der Waals surface area contributed by atoms with Crippen molar-refractivity contribution in [3.8, 4) is 5.75 Å². The van der Waals surface area contributed by atoms with Crippen molar-refractivity contribution in [3.63, 3.8) is 0 Å². The van der Waals surface area contributed by atoms with Gasteiger partial charge in [-0.3, -0.25) is 4.79 Å². The number of nitrogens with zero attached hydrogens (tertiary/aromatic N) is 1. The van der Waals surface area contributed by atoms with Crippen molar-refractivity contribution >= 4 is 11.6 Å². The second-order valence-corrected chi connectivity index (χ2v) is 6.26. The highest BCUT2D eigenvalue weighted by Crippen LogP contribution is 2.24. The van der Waals surface area contributed by atoms with Crippen LogP contribution in [0.15, 0.2) is 42.5 Å². The maximum atomic E-state index is 13.9. The van der Waals surface area contributed by atoms with Gasteiger partial charge in [-0.1, -0.05) is 0 Å². The Morgan fingerprint density at radius 1 is 1.08 bits per heavy atom. The van der Waals surface area contributed by atoms with Crippen LogP contribution in [0.2, 0.25) is 0 Å². The molecule has 1 N–H and O–H groups in total. The summed E-state index contributed by atoms with van der Waals surface area (Å²) in [6.07, 6.45) is 1.80. The van der Waals surface area contributed by atoms with E-state index in [9.17, 15) is 13.6 Å². The molecule has 1 saturated heterocycles. The predicted octanol–water partition coefficient (Wildman–Crippen LogP) is 3.69. The summed E-state index contributed by atoms with van der Waals surface area (Å²) in [5.41, 5.74) is 0.598. The lowest BCUT2D eigenvalue weighted by molar-refractivity contribution is 0.102. The van der Waals surface area contributed by atoms with Crippen LogP contribution in [0.3, 0.4) is 0 Å². The molecular formula is C19H20F2N2O2. The Morgan fingerprint density at radius 3 is 2.44 bits per heavy atom. The molecule has 0 atom stereocenters. The van der Waals surface area contributed by atoms with Crippen molar-refractivity contribution in [2.75, 3.05) is 25.5 Å². The summed E-state index contributed by atoms with van der Waals surface area (Å²) in [5.74, 6) is -0.948. The van der Waals surface area contributed by atoms with Crippen LogP contribution in [-0.2, 0) is 0 Å². The summed E-state index contributed by atoms with van der Waals surface area (Å²) in [6, 6.07) is 9.29. The summed E-state index contributed by atoms with van der Waals surface area (Å²) in [5, 5.41) is 2.61. The highest BCUT2D eigenvalue weighted by Gasteiger charge is 2.18. The van der Waals surface area contributed by atoms with Gasteiger partial charge in [0.1, 0.15) is 23.5 Å². The number of halogens is 2. The van der Waals surface area contributed by atoms with Gasteiger partial charge in [-0.25, -0.2) is 8.78 Å². The van der Waals surface area contributed by atoms with Crippen molar-refractivity contribution < 1.29 is 18.3 Å². The number of benzene rings is 2. The van der Waals surface area contributed by atoms with E-state index in [2.05, 4.69) is 17.3 Å².